The lowest BCUT2D eigenvalue weighted by molar-refractivity contribution is -0.147. The van der Waals surface area contributed by atoms with Crippen molar-refractivity contribution in [3.05, 3.63) is 0 Å². The number of likely N-dealkylation sites (tertiary alicyclic amines) is 1. The fourth-order valence-corrected chi connectivity index (χ4v) is 9.00. The van der Waals surface area contributed by atoms with E-state index in [4.69, 9.17) is 0 Å². The van der Waals surface area contributed by atoms with E-state index in [0.717, 1.165) is 43.4 Å². The molecule has 4 saturated carbocycles. The number of nitrogens with one attached hydrogen (secondary N) is 3. The fourth-order valence-electron chi connectivity index (χ4n) is 9.00. The van der Waals surface area contributed by atoms with Crippen LogP contribution in [0.15, 0.2) is 0 Å². The Morgan fingerprint density at radius 2 is 1.62 bits per heavy atom. The van der Waals surface area contributed by atoms with Crippen LogP contribution in [0.4, 0.5) is 0 Å². The minimum absolute atomic E-state index is 0.0799. The molecule has 6 rings (SSSR count). The number of hydrogen-bond acceptors (Lipinski definition) is 4. The van der Waals surface area contributed by atoms with Crippen molar-refractivity contribution < 1.29 is 19.2 Å². The van der Waals surface area contributed by atoms with Gasteiger partial charge in [0.15, 0.2) is 0 Å². The number of rotatable bonds is 7. The average molecular weight is 543 g/mol. The number of nitrogens with zero attached hydrogens (tertiary/aromatic N) is 1. The molecule has 6 fully saturated rings. The minimum Gasteiger partial charge on any atom is -0.356 e. The summed E-state index contributed by atoms with van der Waals surface area (Å²) >= 11 is 0. The molecule has 0 unspecified atom stereocenters. The monoisotopic (exact) mass is 542 g/mol. The molecule has 4 aliphatic carbocycles. The van der Waals surface area contributed by atoms with Crippen LogP contribution in [0.1, 0.15) is 110 Å². The van der Waals surface area contributed by atoms with E-state index in [1.54, 1.807) is 4.90 Å². The van der Waals surface area contributed by atoms with Gasteiger partial charge in [0.05, 0.1) is 0 Å². The smallest absolute Gasteiger partial charge is 0.249 e. The lowest BCUT2D eigenvalue weighted by Gasteiger charge is -2.57. The van der Waals surface area contributed by atoms with Crippen molar-refractivity contribution in [1.29, 1.82) is 0 Å². The molecule has 218 valence electrons. The zero-order valence-electron chi connectivity index (χ0n) is 24.2. The lowest BCUT2D eigenvalue weighted by Crippen LogP contribution is -2.62. The molecule has 39 heavy (non-hydrogen) atoms. The highest BCUT2D eigenvalue weighted by molar-refractivity contribution is 5.96. The van der Waals surface area contributed by atoms with Gasteiger partial charge in [-0.25, -0.2) is 0 Å². The first-order chi connectivity index (χ1) is 18.7. The SMILES string of the molecule is CC(C)CNC(=O)[C@@H]1CCCN1C(=O)[C@]1(CCC23CC4CC(CC(C4)C2)C3)CCCCNC(=O)CCC(=O)N1. The molecule has 2 saturated heterocycles. The van der Waals surface area contributed by atoms with Crippen molar-refractivity contribution in [2.24, 2.45) is 29.1 Å². The summed E-state index contributed by atoms with van der Waals surface area (Å²) in [6.45, 7) is 5.83. The van der Waals surface area contributed by atoms with E-state index in [2.05, 4.69) is 29.8 Å². The van der Waals surface area contributed by atoms with Crippen LogP contribution in [0, 0.1) is 29.1 Å². The summed E-state index contributed by atoms with van der Waals surface area (Å²) in [5, 5.41) is 9.18. The van der Waals surface area contributed by atoms with E-state index < -0.39 is 11.6 Å². The first-order valence-electron chi connectivity index (χ1n) is 15.8. The Hall–Kier alpha value is -2.12. The molecule has 0 spiro atoms. The Labute approximate surface area is 234 Å². The van der Waals surface area contributed by atoms with Crippen molar-refractivity contribution in [2.75, 3.05) is 19.6 Å². The van der Waals surface area contributed by atoms with E-state index in [-0.39, 0.29) is 41.9 Å². The fraction of sp³-hybridized carbons (Fsp3) is 0.871. The molecule has 3 N–H and O–H groups in total. The van der Waals surface area contributed by atoms with Gasteiger partial charge in [0.2, 0.25) is 23.6 Å². The van der Waals surface area contributed by atoms with Gasteiger partial charge in [-0.3, -0.25) is 19.2 Å². The molecule has 0 radical (unpaired) electrons. The maximum atomic E-state index is 14.6. The molecular formula is C31H50N4O4. The summed E-state index contributed by atoms with van der Waals surface area (Å²) in [6.07, 6.45) is 13.2. The second-order valence-corrected chi connectivity index (χ2v) is 14.2. The van der Waals surface area contributed by atoms with Gasteiger partial charge in [-0.05, 0) is 113 Å². The van der Waals surface area contributed by atoms with Crippen molar-refractivity contribution in [1.82, 2.24) is 20.9 Å². The lowest BCUT2D eigenvalue weighted by atomic mass is 9.48. The highest BCUT2D eigenvalue weighted by atomic mass is 16.2. The molecular weight excluding hydrogens is 492 g/mol. The van der Waals surface area contributed by atoms with E-state index in [1.807, 2.05) is 0 Å². The van der Waals surface area contributed by atoms with Gasteiger partial charge in [0.1, 0.15) is 11.6 Å². The van der Waals surface area contributed by atoms with Crippen molar-refractivity contribution in [3.8, 4) is 0 Å². The molecule has 6 aliphatic rings. The Morgan fingerprint density at radius 3 is 2.28 bits per heavy atom. The number of carbonyl (C=O) groups excluding carboxylic acids is 4. The maximum absolute atomic E-state index is 14.6. The first kappa shape index (κ1) is 28.4. The second kappa shape index (κ2) is 11.8. The topological polar surface area (TPSA) is 108 Å². The molecule has 4 bridgehead atoms. The van der Waals surface area contributed by atoms with Crippen LogP contribution in [-0.4, -0.2) is 59.7 Å². The third kappa shape index (κ3) is 6.45. The zero-order valence-corrected chi connectivity index (χ0v) is 24.2. The summed E-state index contributed by atoms with van der Waals surface area (Å²) in [4.78, 5) is 55.0. The molecule has 2 aliphatic heterocycles. The van der Waals surface area contributed by atoms with Gasteiger partial charge in [-0.1, -0.05) is 13.8 Å². The third-order valence-electron chi connectivity index (χ3n) is 10.5. The number of hydrogen-bond donors (Lipinski definition) is 3. The quantitative estimate of drug-likeness (QED) is 0.456. The standard InChI is InChI=1S/C31H50N4O4/c1-21(2)20-33-28(38)25-6-5-13-35(25)29(39)31(9-3-4-12-32-26(36)7-8-27(37)34-31)11-10-30-17-22-14-23(18-30)16-24(15-22)19-30/h21-25H,3-20H2,1-2H3,(H,32,36)(H,33,38)(H,34,37)/t22?,23?,24?,25-,30?,31+/m0/s1. The van der Waals surface area contributed by atoms with Crippen molar-refractivity contribution in [3.63, 3.8) is 0 Å². The van der Waals surface area contributed by atoms with Crippen LogP contribution in [-0.2, 0) is 19.2 Å². The molecule has 0 aromatic rings. The predicted molar refractivity (Wildman–Crippen MR) is 149 cm³/mol. The van der Waals surface area contributed by atoms with E-state index >= 15 is 0 Å². The van der Waals surface area contributed by atoms with Crippen LogP contribution < -0.4 is 16.0 Å². The van der Waals surface area contributed by atoms with Gasteiger partial charge >= 0.3 is 0 Å². The van der Waals surface area contributed by atoms with E-state index in [1.165, 1.54) is 38.5 Å². The van der Waals surface area contributed by atoms with Crippen LogP contribution >= 0.6 is 0 Å². The van der Waals surface area contributed by atoms with Gasteiger partial charge in [0, 0.05) is 32.5 Å². The summed E-state index contributed by atoms with van der Waals surface area (Å²) in [5.41, 5.74) is -0.732. The van der Waals surface area contributed by atoms with Crippen LogP contribution in [0.5, 0.6) is 0 Å². The van der Waals surface area contributed by atoms with Crippen LogP contribution in [0.25, 0.3) is 0 Å². The predicted octanol–water partition coefficient (Wildman–Crippen LogP) is 3.68. The van der Waals surface area contributed by atoms with Gasteiger partial charge in [0.25, 0.3) is 0 Å². The second-order valence-electron chi connectivity index (χ2n) is 14.2. The molecule has 8 heteroatoms. The number of amides is 4. The zero-order chi connectivity index (χ0) is 27.6. The highest BCUT2D eigenvalue weighted by Gasteiger charge is 2.53. The maximum Gasteiger partial charge on any atom is 0.249 e. The number of carbonyl (C=O) groups is 4. The van der Waals surface area contributed by atoms with Gasteiger partial charge in [-0.2, -0.15) is 0 Å². The summed E-state index contributed by atoms with van der Waals surface area (Å²) in [5.74, 6) is 2.32. The van der Waals surface area contributed by atoms with E-state index in [9.17, 15) is 19.2 Å². The molecule has 0 aromatic carbocycles. The van der Waals surface area contributed by atoms with Gasteiger partial charge < -0.3 is 20.9 Å². The van der Waals surface area contributed by atoms with E-state index in [0.29, 0.717) is 44.8 Å². The minimum atomic E-state index is -1.02. The highest BCUT2D eigenvalue weighted by Crippen LogP contribution is 2.62. The molecule has 8 nitrogen and oxygen atoms in total. The van der Waals surface area contributed by atoms with Crippen LogP contribution in [0.3, 0.4) is 0 Å². The Morgan fingerprint density at radius 1 is 0.949 bits per heavy atom. The summed E-state index contributed by atoms with van der Waals surface area (Å²) < 4.78 is 0. The summed E-state index contributed by atoms with van der Waals surface area (Å²) in [7, 11) is 0. The molecule has 4 amide bonds. The van der Waals surface area contributed by atoms with Crippen molar-refractivity contribution in [2.45, 2.75) is 122 Å². The average Bonchev–Trinajstić information content (AvgIpc) is 3.36. The molecule has 0 aromatic heterocycles. The summed E-state index contributed by atoms with van der Waals surface area (Å²) in [6, 6.07) is -0.481. The molecule has 2 heterocycles. The van der Waals surface area contributed by atoms with Crippen molar-refractivity contribution >= 4 is 23.6 Å². The third-order valence-corrected chi connectivity index (χ3v) is 10.5. The largest absolute Gasteiger partial charge is 0.356 e. The first-order valence-corrected chi connectivity index (χ1v) is 15.8. The Kier molecular flexibility index (Phi) is 8.58. The Balaban J connectivity index is 1.39. The van der Waals surface area contributed by atoms with Gasteiger partial charge in [-0.15, -0.1) is 0 Å². The van der Waals surface area contributed by atoms with Crippen LogP contribution in [0.2, 0.25) is 0 Å². The Bertz CT molecular complexity index is 914. The normalized spacial score (nSPS) is 36.8. The molecule has 2 atom stereocenters.